The number of piperidine rings is 1. The number of rotatable bonds is 12. The second-order valence-corrected chi connectivity index (χ2v) is 11.5. The zero-order valence-electron chi connectivity index (χ0n) is 24.8. The van der Waals surface area contributed by atoms with Crippen LogP contribution in [0.15, 0.2) is 77.5 Å². The molecule has 4 aromatic rings. The average Bonchev–Trinajstić information content (AvgIpc) is 3.58. The number of imide groups is 2. The van der Waals surface area contributed by atoms with Gasteiger partial charge in [-0.25, -0.2) is 0 Å². The van der Waals surface area contributed by atoms with Crippen molar-refractivity contribution in [2.24, 2.45) is 0 Å². The van der Waals surface area contributed by atoms with E-state index in [9.17, 15) is 24.0 Å². The van der Waals surface area contributed by atoms with Gasteiger partial charge >= 0.3 is 0 Å². The fraction of sp³-hybridized carbons (Fsp3) is 0.314. The molecule has 45 heavy (non-hydrogen) atoms. The van der Waals surface area contributed by atoms with Crippen LogP contribution in [-0.4, -0.2) is 45.5 Å². The molecule has 2 aromatic heterocycles. The first kappa shape index (κ1) is 29.9. The molecule has 0 spiro atoms. The molecule has 0 radical (unpaired) electrons. The first-order valence-corrected chi connectivity index (χ1v) is 15.4. The molecule has 2 aliphatic heterocycles. The molecule has 0 bridgehead atoms. The van der Waals surface area contributed by atoms with E-state index in [1.165, 1.54) is 0 Å². The Morgan fingerprint density at radius 1 is 0.956 bits per heavy atom. The normalized spacial score (nSPS) is 17.0. The first-order chi connectivity index (χ1) is 21.9. The van der Waals surface area contributed by atoms with Gasteiger partial charge in [-0.2, -0.15) is 0 Å². The van der Waals surface area contributed by atoms with Crippen molar-refractivity contribution in [2.45, 2.75) is 69.9 Å². The number of hydrogen-bond donors (Lipinski definition) is 2. The highest BCUT2D eigenvalue weighted by atomic mass is 16.3. The number of carbonyl (C=O) groups excluding carboxylic acids is 5. The fourth-order valence-corrected chi connectivity index (χ4v) is 6.17. The minimum atomic E-state index is -0.974. The molecule has 2 unspecified atom stereocenters. The van der Waals surface area contributed by atoms with Gasteiger partial charge in [0.05, 0.1) is 11.1 Å². The summed E-state index contributed by atoms with van der Waals surface area (Å²) in [5, 5.41) is 6.32. The Hall–Kier alpha value is -5.12. The minimum absolute atomic E-state index is 0.0621. The summed E-state index contributed by atoms with van der Waals surface area (Å²) < 4.78 is 6.06. The van der Waals surface area contributed by atoms with E-state index in [2.05, 4.69) is 15.6 Å². The van der Waals surface area contributed by atoms with E-state index in [0.29, 0.717) is 29.7 Å². The molecule has 1 saturated heterocycles. The second-order valence-electron chi connectivity index (χ2n) is 11.5. The number of unbranched alkanes of at least 4 members (excludes halogenated alkanes) is 4. The third-order valence-electron chi connectivity index (χ3n) is 8.46. The highest BCUT2D eigenvalue weighted by molar-refractivity contribution is 6.24. The minimum Gasteiger partial charge on any atom is -0.459 e. The summed E-state index contributed by atoms with van der Waals surface area (Å²) in [4.78, 5) is 68.4. The Labute approximate surface area is 260 Å². The van der Waals surface area contributed by atoms with Crippen LogP contribution in [0.2, 0.25) is 0 Å². The van der Waals surface area contributed by atoms with Gasteiger partial charge in [0, 0.05) is 36.2 Å². The number of pyridine rings is 1. The van der Waals surface area contributed by atoms with Gasteiger partial charge in [0.25, 0.3) is 11.8 Å². The van der Waals surface area contributed by atoms with E-state index in [-0.39, 0.29) is 18.7 Å². The maximum atomic E-state index is 13.3. The summed E-state index contributed by atoms with van der Waals surface area (Å²) in [5.74, 6) is -1.38. The monoisotopic (exact) mass is 606 g/mol. The van der Waals surface area contributed by atoms with Crippen molar-refractivity contribution >= 4 is 40.5 Å². The topological polar surface area (TPSA) is 139 Å². The van der Waals surface area contributed by atoms with Crippen molar-refractivity contribution in [1.82, 2.24) is 20.5 Å². The lowest BCUT2D eigenvalue weighted by atomic mass is 9.97. The molecule has 4 heterocycles. The summed E-state index contributed by atoms with van der Waals surface area (Å²) in [6, 6.07) is 17.3. The van der Waals surface area contributed by atoms with E-state index < -0.39 is 35.7 Å². The number of para-hydroxylation sites is 1. The lowest BCUT2D eigenvalue weighted by Gasteiger charge is -2.27. The van der Waals surface area contributed by atoms with Gasteiger partial charge in [-0.3, -0.25) is 39.2 Å². The molecule has 10 nitrogen and oxygen atoms in total. The number of aromatic nitrogens is 1. The molecule has 0 saturated carbocycles. The van der Waals surface area contributed by atoms with Crippen LogP contribution < -0.4 is 10.6 Å². The second kappa shape index (κ2) is 13.3. The van der Waals surface area contributed by atoms with Gasteiger partial charge < -0.3 is 9.73 Å². The molecule has 2 aromatic carbocycles. The maximum absolute atomic E-state index is 13.3. The summed E-state index contributed by atoms with van der Waals surface area (Å²) in [6.45, 7) is 0. The highest BCUT2D eigenvalue weighted by Gasteiger charge is 2.45. The summed E-state index contributed by atoms with van der Waals surface area (Å²) in [6.07, 6.45) is 8.91. The fourth-order valence-electron chi connectivity index (χ4n) is 6.17. The molecule has 5 amide bonds. The number of benzene rings is 2. The number of furan rings is 1. The van der Waals surface area contributed by atoms with Crippen LogP contribution in [0.1, 0.15) is 95.0 Å². The molecule has 2 aliphatic rings. The van der Waals surface area contributed by atoms with E-state index in [4.69, 9.17) is 4.42 Å². The number of carbonyl (C=O) groups is 5. The number of amides is 5. The van der Waals surface area contributed by atoms with Crippen molar-refractivity contribution < 1.29 is 28.4 Å². The molecule has 2 atom stereocenters. The van der Waals surface area contributed by atoms with Crippen molar-refractivity contribution in [1.29, 1.82) is 0 Å². The number of nitrogens with one attached hydrogen (secondary N) is 2. The van der Waals surface area contributed by atoms with Crippen molar-refractivity contribution in [2.75, 3.05) is 0 Å². The smallest absolute Gasteiger partial charge is 0.262 e. The number of aryl methyl sites for hydroxylation is 1. The molecular weight excluding hydrogens is 572 g/mol. The number of nitrogens with zero attached hydrogens (tertiary/aromatic N) is 2. The van der Waals surface area contributed by atoms with Crippen LogP contribution in [0.3, 0.4) is 0 Å². The predicted molar refractivity (Wildman–Crippen MR) is 165 cm³/mol. The largest absolute Gasteiger partial charge is 0.459 e. The van der Waals surface area contributed by atoms with Crippen LogP contribution in [-0.2, 0) is 20.8 Å². The summed E-state index contributed by atoms with van der Waals surface area (Å²) in [7, 11) is 0. The van der Waals surface area contributed by atoms with Crippen molar-refractivity contribution in [3.63, 3.8) is 0 Å². The molecule has 1 fully saturated rings. The van der Waals surface area contributed by atoms with E-state index in [1.807, 2.05) is 48.5 Å². The van der Waals surface area contributed by atoms with Crippen molar-refractivity contribution in [3.05, 3.63) is 101 Å². The SMILES string of the molecule is O=C1CCC(N2C(=O)c3cccc(CCCCCCCC(=O)NC(c4cccnc4)c4cc5ccccc5o4)c3C2=O)C(=O)N1. The maximum Gasteiger partial charge on any atom is 0.262 e. The van der Waals surface area contributed by atoms with Gasteiger partial charge in [-0.05, 0) is 55.5 Å². The Bertz CT molecular complexity index is 1730. The zero-order valence-corrected chi connectivity index (χ0v) is 24.8. The zero-order chi connectivity index (χ0) is 31.3. The van der Waals surface area contributed by atoms with Crippen LogP contribution in [0.4, 0.5) is 0 Å². The molecule has 6 rings (SSSR count). The lowest BCUT2D eigenvalue weighted by molar-refractivity contribution is -0.136. The standard InChI is InChI=1S/C35H34N4O6/c40-29(37-32(24-13-9-19-36-21-24)28-20-23-11-6-7-15-27(23)45-28)16-5-3-1-2-4-10-22-12-8-14-25-31(22)35(44)39(34(25)43)26-17-18-30(41)38-33(26)42/h6-9,11-15,19-21,26,32H,1-5,10,16-18H2,(H,37,40)(H,38,41,42). The van der Waals surface area contributed by atoms with E-state index in [1.54, 1.807) is 24.5 Å². The molecule has 230 valence electrons. The quantitative estimate of drug-likeness (QED) is 0.171. The van der Waals surface area contributed by atoms with Crippen LogP contribution >= 0.6 is 0 Å². The highest BCUT2D eigenvalue weighted by Crippen LogP contribution is 2.31. The van der Waals surface area contributed by atoms with Gasteiger partial charge in [0.15, 0.2) is 0 Å². The van der Waals surface area contributed by atoms with Crippen LogP contribution in [0, 0.1) is 0 Å². The number of fused-ring (bicyclic) bond motifs is 2. The third-order valence-corrected chi connectivity index (χ3v) is 8.46. The van der Waals surface area contributed by atoms with E-state index in [0.717, 1.165) is 59.1 Å². The summed E-state index contributed by atoms with van der Waals surface area (Å²) in [5.41, 5.74) is 3.06. The molecule has 2 N–H and O–H groups in total. The Morgan fingerprint density at radius 2 is 1.78 bits per heavy atom. The van der Waals surface area contributed by atoms with Crippen LogP contribution in [0.5, 0.6) is 0 Å². The van der Waals surface area contributed by atoms with Gasteiger partial charge in [-0.1, -0.05) is 55.7 Å². The Balaban J connectivity index is 0.978. The van der Waals surface area contributed by atoms with Crippen LogP contribution in [0.25, 0.3) is 11.0 Å². The third kappa shape index (κ3) is 6.40. The first-order valence-electron chi connectivity index (χ1n) is 15.4. The molecular formula is C35H34N4O6. The Morgan fingerprint density at radius 3 is 2.58 bits per heavy atom. The summed E-state index contributed by atoms with van der Waals surface area (Å²) >= 11 is 0. The van der Waals surface area contributed by atoms with Gasteiger partial charge in [0.1, 0.15) is 23.4 Å². The predicted octanol–water partition coefficient (Wildman–Crippen LogP) is 5.02. The number of hydrogen-bond acceptors (Lipinski definition) is 7. The van der Waals surface area contributed by atoms with E-state index >= 15 is 0 Å². The van der Waals surface area contributed by atoms with Crippen molar-refractivity contribution in [3.8, 4) is 0 Å². The molecule has 10 heteroatoms. The average molecular weight is 607 g/mol. The Kier molecular flexibility index (Phi) is 8.81. The lowest BCUT2D eigenvalue weighted by Crippen LogP contribution is -2.54. The van der Waals surface area contributed by atoms with Gasteiger partial charge in [-0.15, -0.1) is 0 Å². The molecule has 0 aliphatic carbocycles. The van der Waals surface area contributed by atoms with Gasteiger partial charge in [0.2, 0.25) is 17.7 Å².